The van der Waals surface area contributed by atoms with Crippen molar-refractivity contribution in [3.8, 4) is 5.75 Å². The third-order valence-corrected chi connectivity index (χ3v) is 5.18. The van der Waals surface area contributed by atoms with Gasteiger partial charge in [-0.2, -0.15) is 0 Å². The molecule has 1 aromatic rings. The number of piperidine rings is 1. The van der Waals surface area contributed by atoms with Crippen molar-refractivity contribution in [3.63, 3.8) is 0 Å². The van der Waals surface area contributed by atoms with Gasteiger partial charge in [-0.1, -0.05) is 18.2 Å². The molecule has 1 saturated heterocycles. The first-order chi connectivity index (χ1) is 9.46. The summed E-state index contributed by atoms with van der Waals surface area (Å²) >= 11 is 4.31. The topological polar surface area (TPSA) is 49.8 Å². The van der Waals surface area contributed by atoms with Gasteiger partial charge in [-0.05, 0) is 25.8 Å². The van der Waals surface area contributed by atoms with Gasteiger partial charge in [-0.15, -0.1) is 12.6 Å². The molecule has 0 saturated carbocycles. The van der Waals surface area contributed by atoms with Gasteiger partial charge < -0.3 is 9.84 Å². The summed E-state index contributed by atoms with van der Waals surface area (Å²) in [5, 5.41) is 9.27. The van der Waals surface area contributed by atoms with Crippen LogP contribution < -0.4 is 4.74 Å². The van der Waals surface area contributed by atoms with Crippen LogP contribution in [0.5, 0.6) is 5.75 Å². The van der Waals surface area contributed by atoms with Crippen LogP contribution in [0.25, 0.3) is 0 Å². The number of para-hydroxylation sites is 1. The molecule has 20 heavy (non-hydrogen) atoms. The number of rotatable bonds is 2. The molecule has 2 heterocycles. The Balaban J connectivity index is 1.79. The molecule has 0 radical (unpaired) electrons. The Bertz CT molecular complexity index is 536. The molecule has 1 atom stereocenters. The fourth-order valence-corrected chi connectivity index (χ4v) is 3.44. The number of fused-ring (bicyclic) bond motifs is 2. The number of nitrogens with zero attached hydrogens (tertiary/aromatic N) is 1. The number of ether oxygens (including phenoxy) is 1. The number of aliphatic carboxylic acids is 1. The average Bonchev–Trinajstić information content (AvgIpc) is 2.79. The number of benzene rings is 1. The molecule has 1 unspecified atom stereocenters. The van der Waals surface area contributed by atoms with Gasteiger partial charge >= 0.3 is 5.97 Å². The van der Waals surface area contributed by atoms with Gasteiger partial charge in [0.05, 0.1) is 6.61 Å². The van der Waals surface area contributed by atoms with Gasteiger partial charge in [0.2, 0.25) is 0 Å². The van der Waals surface area contributed by atoms with Crippen molar-refractivity contribution in [1.29, 1.82) is 0 Å². The summed E-state index contributed by atoms with van der Waals surface area (Å²) in [7, 11) is 0. The molecule has 4 nitrogen and oxygen atoms in total. The molecular formula is C15H19NO3S. The van der Waals surface area contributed by atoms with Crippen LogP contribution in [-0.4, -0.2) is 40.5 Å². The Morgan fingerprint density at radius 1 is 1.40 bits per heavy atom. The Labute approximate surface area is 124 Å². The van der Waals surface area contributed by atoms with E-state index in [1.807, 2.05) is 23.1 Å². The van der Waals surface area contributed by atoms with Crippen molar-refractivity contribution in [3.05, 3.63) is 29.8 Å². The van der Waals surface area contributed by atoms with E-state index in [0.717, 1.165) is 31.7 Å². The lowest BCUT2D eigenvalue weighted by molar-refractivity contribution is -0.145. The summed E-state index contributed by atoms with van der Waals surface area (Å²) in [6, 6.07) is 8.18. The van der Waals surface area contributed by atoms with Crippen LogP contribution in [-0.2, 0) is 10.2 Å². The van der Waals surface area contributed by atoms with Gasteiger partial charge in [0.1, 0.15) is 5.75 Å². The normalized spacial score (nSPS) is 23.9. The third-order valence-electron chi connectivity index (χ3n) is 4.70. The molecule has 2 aliphatic rings. The summed E-state index contributed by atoms with van der Waals surface area (Å²) in [6.07, 6.45) is 1.82. The highest BCUT2D eigenvalue weighted by molar-refractivity contribution is 7.82. The Morgan fingerprint density at radius 2 is 2.05 bits per heavy atom. The van der Waals surface area contributed by atoms with Crippen LogP contribution in [0.2, 0.25) is 0 Å². The highest BCUT2D eigenvalue weighted by Crippen LogP contribution is 2.46. The zero-order valence-corrected chi connectivity index (χ0v) is 12.4. The van der Waals surface area contributed by atoms with E-state index in [1.54, 1.807) is 6.92 Å². The van der Waals surface area contributed by atoms with Crippen molar-refractivity contribution in [2.75, 3.05) is 19.7 Å². The highest BCUT2D eigenvalue weighted by Gasteiger charge is 2.46. The maximum atomic E-state index is 11.3. The van der Waals surface area contributed by atoms with Crippen LogP contribution in [0.1, 0.15) is 25.3 Å². The van der Waals surface area contributed by atoms with Crippen LogP contribution >= 0.6 is 12.6 Å². The minimum absolute atomic E-state index is 0.0510. The number of hydrogen-bond acceptors (Lipinski definition) is 4. The van der Waals surface area contributed by atoms with Crippen LogP contribution in [0.3, 0.4) is 0 Å². The van der Waals surface area contributed by atoms with Gasteiger partial charge in [0, 0.05) is 24.1 Å². The monoisotopic (exact) mass is 293 g/mol. The van der Waals surface area contributed by atoms with Crippen molar-refractivity contribution >= 4 is 18.6 Å². The SMILES string of the molecule is CC(S)(C(=O)O)N1CCC2(CC1)COc1ccccc12. The molecule has 0 amide bonds. The Hall–Kier alpha value is -1.20. The first-order valence-corrected chi connectivity index (χ1v) is 7.34. The fraction of sp³-hybridized carbons (Fsp3) is 0.533. The molecule has 1 N–H and O–H groups in total. The largest absolute Gasteiger partial charge is 0.492 e. The van der Waals surface area contributed by atoms with Crippen LogP contribution in [0, 0.1) is 0 Å². The summed E-state index contributed by atoms with van der Waals surface area (Å²) in [4.78, 5) is 12.1. The van der Waals surface area contributed by atoms with Gasteiger partial charge in [-0.3, -0.25) is 4.90 Å². The smallest absolute Gasteiger partial charge is 0.334 e. The number of likely N-dealkylation sites (tertiary alicyclic amines) is 1. The van der Waals surface area contributed by atoms with Crippen molar-refractivity contribution in [2.24, 2.45) is 0 Å². The van der Waals surface area contributed by atoms with Gasteiger partial charge in [0.25, 0.3) is 0 Å². The van der Waals surface area contributed by atoms with E-state index in [1.165, 1.54) is 5.56 Å². The fourth-order valence-electron chi connectivity index (χ4n) is 3.24. The molecule has 1 aromatic carbocycles. The molecule has 3 rings (SSSR count). The maximum Gasteiger partial charge on any atom is 0.334 e. The Kier molecular flexibility index (Phi) is 3.21. The molecule has 108 valence electrons. The van der Waals surface area contributed by atoms with Gasteiger partial charge in [-0.25, -0.2) is 4.79 Å². The van der Waals surface area contributed by atoms with E-state index in [-0.39, 0.29) is 5.41 Å². The van der Waals surface area contributed by atoms with E-state index in [0.29, 0.717) is 6.61 Å². The summed E-state index contributed by atoms with van der Waals surface area (Å²) in [6.45, 7) is 3.81. The van der Waals surface area contributed by atoms with E-state index in [9.17, 15) is 9.90 Å². The molecule has 0 aromatic heterocycles. The Morgan fingerprint density at radius 3 is 2.70 bits per heavy atom. The third kappa shape index (κ3) is 2.00. The van der Waals surface area contributed by atoms with E-state index >= 15 is 0 Å². The molecule has 0 bridgehead atoms. The highest BCUT2D eigenvalue weighted by atomic mass is 32.1. The van der Waals surface area contributed by atoms with Crippen LogP contribution in [0.15, 0.2) is 24.3 Å². The van der Waals surface area contributed by atoms with Crippen molar-refractivity contribution in [1.82, 2.24) is 4.90 Å². The number of carboxylic acids is 1. The molecule has 5 heteroatoms. The second kappa shape index (κ2) is 4.67. The van der Waals surface area contributed by atoms with Crippen molar-refractivity contribution < 1.29 is 14.6 Å². The molecule has 1 fully saturated rings. The predicted octanol–water partition coefficient (Wildman–Crippen LogP) is 2.14. The quantitative estimate of drug-likeness (QED) is 0.820. The summed E-state index contributed by atoms with van der Waals surface area (Å²) in [5.74, 6) is 0.0904. The predicted molar refractivity (Wildman–Crippen MR) is 79.4 cm³/mol. The standard InChI is InChI=1S/C15H19NO3S/c1-14(20,13(17)18)16-8-6-15(7-9-16)10-19-12-5-3-2-4-11(12)15/h2-5,20H,6-10H2,1H3,(H,17,18). The molecule has 0 aliphatic carbocycles. The lowest BCUT2D eigenvalue weighted by Crippen LogP contribution is -2.54. The number of carbonyl (C=O) groups is 1. The first kappa shape index (κ1) is 13.8. The lowest BCUT2D eigenvalue weighted by Gasteiger charge is -2.43. The molecule has 2 aliphatic heterocycles. The lowest BCUT2D eigenvalue weighted by atomic mass is 9.74. The molecule has 1 spiro atoms. The number of hydrogen-bond donors (Lipinski definition) is 2. The minimum Gasteiger partial charge on any atom is -0.492 e. The minimum atomic E-state index is -1.10. The molecular weight excluding hydrogens is 274 g/mol. The second-order valence-corrected chi connectivity index (χ2v) is 6.75. The number of carboxylic acid groups (broad SMARTS) is 1. The van der Waals surface area contributed by atoms with E-state index in [4.69, 9.17) is 4.74 Å². The van der Waals surface area contributed by atoms with Gasteiger partial charge in [0.15, 0.2) is 4.87 Å². The van der Waals surface area contributed by atoms with Crippen molar-refractivity contribution in [2.45, 2.75) is 30.1 Å². The zero-order chi connectivity index (χ0) is 14.4. The first-order valence-electron chi connectivity index (χ1n) is 6.89. The van der Waals surface area contributed by atoms with Crippen LogP contribution in [0.4, 0.5) is 0 Å². The summed E-state index contributed by atoms with van der Waals surface area (Å²) < 4.78 is 5.81. The average molecular weight is 293 g/mol. The summed E-state index contributed by atoms with van der Waals surface area (Å²) in [5.41, 5.74) is 1.32. The van der Waals surface area contributed by atoms with E-state index in [2.05, 4.69) is 18.7 Å². The zero-order valence-electron chi connectivity index (χ0n) is 11.5. The second-order valence-electron chi connectivity index (χ2n) is 5.88. The van der Waals surface area contributed by atoms with E-state index < -0.39 is 10.8 Å². The number of thiol groups is 1. The maximum absolute atomic E-state index is 11.3.